The summed E-state index contributed by atoms with van der Waals surface area (Å²) in [6.07, 6.45) is 1.36. The summed E-state index contributed by atoms with van der Waals surface area (Å²) in [7, 11) is 0. The normalized spacial score (nSPS) is 11.3. The Hall–Kier alpha value is -1.97. The van der Waals surface area contributed by atoms with Crippen molar-refractivity contribution in [3.05, 3.63) is 57.3 Å². The zero-order chi connectivity index (χ0) is 21.4. The molecule has 28 heavy (non-hydrogen) atoms. The van der Waals surface area contributed by atoms with Crippen molar-refractivity contribution in [1.29, 1.82) is 0 Å². The van der Waals surface area contributed by atoms with Gasteiger partial charge >= 0.3 is 5.97 Å². The highest BCUT2D eigenvalue weighted by Gasteiger charge is 2.28. The van der Waals surface area contributed by atoms with Gasteiger partial charge in [-0.25, -0.2) is 0 Å². The highest BCUT2D eigenvalue weighted by Crippen LogP contribution is 2.47. The van der Waals surface area contributed by atoms with Gasteiger partial charge in [0.05, 0.1) is 11.7 Å². The third-order valence-corrected chi connectivity index (χ3v) is 5.73. The van der Waals surface area contributed by atoms with Gasteiger partial charge < -0.3 is 9.47 Å². The Bertz CT molecular complexity index is 954. The first-order valence-corrected chi connectivity index (χ1v) is 9.75. The number of hydrogen-bond acceptors (Lipinski definition) is 3. The van der Waals surface area contributed by atoms with Gasteiger partial charge in [-0.3, -0.25) is 4.79 Å². The molecule has 0 bridgehead atoms. The van der Waals surface area contributed by atoms with E-state index in [0.29, 0.717) is 27.1 Å². The van der Waals surface area contributed by atoms with Gasteiger partial charge in [0.1, 0.15) is 11.5 Å². The number of carbonyl (C=O) groups excluding carboxylic acids is 1. The molecule has 0 aromatic heterocycles. The van der Waals surface area contributed by atoms with E-state index in [0.717, 1.165) is 27.8 Å². The van der Waals surface area contributed by atoms with Crippen molar-refractivity contribution in [3.8, 4) is 22.6 Å². The van der Waals surface area contributed by atoms with Gasteiger partial charge in [-0.15, -0.1) is 0 Å². The van der Waals surface area contributed by atoms with Gasteiger partial charge in [-0.2, -0.15) is 0 Å². The van der Waals surface area contributed by atoms with E-state index in [-0.39, 0.29) is 5.97 Å². The quantitative estimate of drug-likeness (QED) is 0.294. The van der Waals surface area contributed by atoms with Crippen LogP contribution in [0.15, 0.2) is 25.0 Å². The van der Waals surface area contributed by atoms with Crippen molar-refractivity contribution < 1.29 is 14.3 Å². The Morgan fingerprint density at radius 2 is 1.36 bits per heavy atom. The van der Waals surface area contributed by atoms with E-state index in [2.05, 4.69) is 6.58 Å². The van der Waals surface area contributed by atoms with Gasteiger partial charge in [0.25, 0.3) is 0 Å². The highest BCUT2D eigenvalue weighted by atomic mass is 35.5. The number of halogens is 2. The molecule has 2 rings (SSSR count). The Morgan fingerprint density at radius 3 is 1.79 bits per heavy atom. The standard InChI is InChI=1S/C23H26Cl2O3/c1-9-27-16-10-12(2)20(24)14(4)18(16)19-15(5)21(25)13(3)11-17(19)28-22(26)23(6,7)8/h9-11H,1H2,2-8H3. The second-order valence-corrected chi connectivity index (χ2v) is 8.69. The molecule has 0 aliphatic carbocycles. The van der Waals surface area contributed by atoms with Crippen LogP contribution in [0, 0.1) is 33.1 Å². The lowest BCUT2D eigenvalue weighted by Gasteiger charge is -2.23. The minimum Gasteiger partial charge on any atom is -0.465 e. The molecule has 0 saturated heterocycles. The number of benzene rings is 2. The van der Waals surface area contributed by atoms with E-state index in [4.69, 9.17) is 32.7 Å². The molecule has 2 aromatic rings. The smallest absolute Gasteiger partial charge is 0.316 e. The van der Waals surface area contributed by atoms with Crippen LogP contribution < -0.4 is 9.47 Å². The Balaban J connectivity index is 2.89. The summed E-state index contributed by atoms with van der Waals surface area (Å²) in [5.41, 5.74) is 4.06. The second-order valence-electron chi connectivity index (χ2n) is 7.94. The number of carbonyl (C=O) groups is 1. The zero-order valence-corrected chi connectivity index (χ0v) is 18.9. The van der Waals surface area contributed by atoms with Crippen molar-refractivity contribution in [2.45, 2.75) is 48.5 Å². The summed E-state index contributed by atoms with van der Waals surface area (Å²) in [5, 5.41) is 1.22. The molecule has 0 unspecified atom stereocenters. The first kappa shape index (κ1) is 22.3. The minimum atomic E-state index is -0.654. The van der Waals surface area contributed by atoms with E-state index in [1.807, 2.05) is 54.5 Å². The third kappa shape index (κ3) is 4.21. The Labute approximate surface area is 177 Å². The first-order valence-electron chi connectivity index (χ1n) is 8.99. The molecule has 0 amide bonds. The maximum Gasteiger partial charge on any atom is 0.316 e. The average molecular weight is 421 g/mol. The predicted molar refractivity (Wildman–Crippen MR) is 117 cm³/mol. The van der Waals surface area contributed by atoms with Crippen LogP contribution in [0.1, 0.15) is 43.0 Å². The molecule has 2 aromatic carbocycles. The van der Waals surface area contributed by atoms with E-state index >= 15 is 0 Å². The lowest BCUT2D eigenvalue weighted by Crippen LogP contribution is -2.26. The number of hydrogen-bond donors (Lipinski definition) is 0. The molecule has 0 spiro atoms. The lowest BCUT2D eigenvalue weighted by molar-refractivity contribution is -0.142. The van der Waals surface area contributed by atoms with E-state index < -0.39 is 5.41 Å². The zero-order valence-electron chi connectivity index (χ0n) is 17.4. The van der Waals surface area contributed by atoms with Gasteiger partial charge in [-0.05, 0) is 82.9 Å². The molecule has 0 aliphatic heterocycles. The molecular weight excluding hydrogens is 395 g/mol. The molecular formula is C23H26Cl2O3. The van der Waals surface area contributed by atoms with Crippen LogP contribution in [0.5, 0.6) is 11.5 Å². The molecule has 0 heterocycles. The number of aryl methyl sites for hydroxylation is 2. The molecule has 0 aliphatic rings. The van der Waals surface area contributed by atoms with Crippen LogP contribution in [0.3, 0.4) is 0 Å². The summed E-state index contributed by atoms with van der Waals surface area (Å²) in [5.74, 6) is 0.665. The number of esters is 1. The summed E-state index contributed by atoms with van der Waals surface area (Å²) in [4.78, 5) is 12.6. The summed E-state index contributed by atoms with van der Waals surface area (Å²) in [6.45, 7) is 16.7. The highest BCUT2D eigenvalue weighted by molar-refractivity contribution is 6.33. The fourth-order valence-corrected chi connectivity index (χ4v) is 3.28. The Kier molecular flexibility index (Phi) is 6.52. The van der Waals surface area contributed by atoms with Gasteiger partial charge in [0.15, 0.2) is 0 Å². The maximum atomic E-state index is 12.6. The number of rotatable bonds is 4. The Morgan fingerprint density at radius 1 is 0.929 bits per heavy atom. The topological polar surface area (TPSA) is 35.5 Å². The van der Waals surface area contributed by atoms with Crippen molar-refractivity contribution in [2.24, 2.45) is 5.41 Å². The molecule has 0 atom stereocenters. The summed E-state index contributed by atoms with van der Waals surface area (Å²) in [6, 6.07) is 3.62. The van der Waals surface area contributed by atoms with Crippen LogP contribution in [-0.2, 0) is 4.79 Å². The molecule has 3 nitrogen and oxygen atoms in total. The van der Waals surface area contributed by atoms with Crippen molar-refractivity contribution in [2.75, 3.05) is 0 Å². The van der Waals surface area contributed by atoms with E-state index in [1.54, 1.807) is 6.07 Å². The van der Waals surface area contributed by atoms with E-state index in [9.17, 15) is 4.79 Å². The fraction of sp³-hybridized carbons (Fsp3) is 0.348. The van der Waals surface area contributed by atoms with Crippen molar-refractivity contribution in [1.82, 2.24) is 0 Å². The average Bonchev–Trinajstić information content (AvgIpc) is 2.59. The van der Waals surface area contributed by atoms with Crippen LogP contribution >= 0.6 is 23.2 Å². The second kappa shape index (κ2) is 8.18. The molecule has 0 fully saturated rings. The first-order chi connectivity index (χ1) is 12.9. The van der Waals surface area contributed by atoms with E-state index in [1.165, 1.54) is 6.26 Å². The summed E-state index contributed by atoms with van der Waals surface area (Å²) >= 11 is 13.1. The van der Waals surface area contributed by atoms with Gasteiger partial charge in [0, 0.05) is 21.2 Å². The summed E-state index contributed by atoms with van der Waals surface area (Å²) < 4.78 is 11.5. The minimum absolute atomic E-state index is 0.336. The van der Waals surface area contributed by atoms with Gasteiger partial charge in [0.2, 0.25) is 0 Å². The van der Waals surface area contributed by atoms with Crippen molar-refractivity contribution >= 4 is 29.2 Å². The third-order valence-electron chi connectivity index (χ3n) is 4.56. The SMILES string of the molecule is C=COc1cc(C)c(Cl)c(C)c1-c1c(OC(=O)C(C)(C)C)cc(C)c(Cl)c1C. The molecule has 150 valence electrons. The number of ether oxygens (including phenoxy) is 2. The van der Waals surface area contributed by atoms with Crippen LogP contribution in [0.25, 0.3) is 11.1 Å². The van der Waals surface area contributed by atoms with Crippen LogP contribution in [0.4, 0.5) is 0 Å². The van der Waals surface area contributed by atoms with Crippen molar-refractivity contribution in [3.63, 3.8) is 0 Å². The monoisotopic (exact) mass is 420 g/mol. The largest absolute Gasteiger partial charge is 0.465 e. The fourth-order valence-electron chi connectivity index (χ4n) is 2.98. The predicted octanol–water partition coefficient (Wildman–Crippen LogP) is 7.37. The molecule has 5 heteroatoms. The maximum absolute atomic E-state index is 12.6. The lowest BCUT2D eigenvalue weighted by atomic mass is 9.91. The molecule has 0 radical (unpaired) electrons. The molecule has 0 saturated carbocycles. The van der Waals surface area contributed by atoms with Crippen LogP contribution in [-0.4, -0.2) is 5.97 Å². The molecule has 0 N–H and O–H groups in total. The van der Waals surface area contributed by atoms with Crippen LogP contribution in [0.2, 0.25) is 10.0 Å². The van der Waals surface area contributed by atoms with Gasteiger partial charge in [-0.1, -0.05) is 29.8 Å².